The highest BCUT2D eigenvalue weighted by Crippen LogP contribution is 2.20. The molecule has 1 amide bonds. The first kappa shape index (κ1) is 16.7. The summed E-state index contributed by atoms with van der Waals surface area (Å²) in [6.45, 7) is 0.835. The fourth-order valence-electron chi connectivity index (χ4n) is 2.10. The molecule has 1 unspecified atom stereocenters. The molecular weight excluding hydrogens is 326 g/mol. The highest BCUT2D eigenvalue weighted by Gasteiger charge is 2.13. The van der Waals surface area contributed by atoms with Gasteiger partial charge in [-0.05, 0) is 30.3 Å². The third kappa shape index (κ3) is 4.98. The van der Waals surface area contributed by atoms with E-state index in [-0.39, 0.29) is 18.3 Å². The Morgan fingerprint density at radius 2 is 2.00 bits per heavy atom. The van der Waals surface area contributed by atoms with E-state index in [1.165, 1.54) is 12.1 Å². The van der Waals surface area contributed by atoms with Crippen molar-refractivity contribution >= 4 is 34.8 Å². The normalized spacial score (nSPS) is 12.0. The first-order chi connectivity index (χ1) is 10.4. The summed E-state index contributed by atoms with van der Waals surface area (Å²) in [5.41, 5.74) is 1.37. The van der Waals surface area contributed by atoms with Gasteiger partial charge in [0.25, 0.3) is 5.91 Å². The van der Waals surface area contributed by atoms with Crippen molar-refractivity contribution in [2.24, 2.45) is 0 Å². The van der Waals surface area contributed by atoms with Crippen molar-refractivity contribution in [1.29, 1.82) is 0 Å². The molecule has 1 atom stereocenters. The van der Waals surface area contributed by atoms with Crippen molar-refractivity contribution < 1.29 is 14.1 Å². The fourth-order valence-corrected chi connectivity index (χ4v) is 2.57. The maximum Gasteiger partial charge on any atom is 0.279 e. The lowest BCUT2D eigenvalue weighted by molar-refractivity contribution is -0.885. The highest BCUT2D eigenvalue weighted by molar-refractivity contribution is 6.35. The average molecular weight is 342 g/mol. The van der Waals surface area contributed by atoms with Gasteiger partial charge in [-0.25, -0.2) is 4.39 Å². The number of carbonyl (C=O) groups excluding carboxylic acids is 1. The van der Waals surface area contributed by atoms with E-state index in [2.05, 4.69) is 5.32 Å². The van der Waals surface area contributed by atoms with Gasteiger partial charge in [0.2, 0.25) is 0 Å². The molecular formula is C16H16Cl2FN2O+. The predicted octanol–water partition coefficient (Wildman–Crippen LogP) is 2.79. The number of hydrogen-bond acceptors (Lipinski definition) is 1. The second-order valence-electron chi connectivity index (χ2n) is 5.10. The van der Waals surface area contributed by atoms with Gasteiger partial charge in [-0.2, -0.15) is 0 Å². The second kappa shape index (κ2) is 7.58. The molecule has 2 N–H and O–H groups in total. The van der Waals surface area contributed by atoms with Crippen molar-refractivity contribution in [2.75, 3.05) is 18.9 Å². The summed E-state index contributed by atoms with van der Waals surface area (Å²) in [4.78, 5) is 12.9. The molecule has 2 rings (SSSR count). The summed E-state index contributed by atoms with van der Waals surface area (Å²) < 4.78 is 13.1. The van der Waals surface area contributed by atoms with E-state index < -0.39 is 0 Å². The number of likely N-dealkylation sites (N-methyl/N-ethyl adjacent to an activating group) is 1. The number of carbonyl (C=O) groups is 1. The van der Waals surface area contributed by atoms with Gasteiger partial charge in [-0.15, -0.1) is 0 Å². The largest absolute Gasteiger partial charge is 0.326 e. The fraction of sp³-hybridized carbons (Fsp3) is 0.188. The monoisotopic (exact) mass is 341 g/mol. The van der Waals surface area contributed by atoms with E-state index in [0.29, 0.717) is 22.3 Å². The third-order valence-electron chi connectivity index (χ3n) is 3.08. The van der Waals surface area contributed by atoms with Gasteiger partial charge in [0.1, 0.15) is 12.4 Å². The zero-order valence-corrected chi connectivity index (χ0v) is 13.5. The summed E-state index contributed by atoms with van der Waals surface area (Å²) >= 11 is 12.0. The maximum atomic E-state index is 13.1. The molecule has 3 nitrogen and oxygen atoms in total. The molecule has 0 aliphatic heterocycles. The second-order valence-corrected chi connectivity index (χ2v) is 5.95. The van der Waals surface area contributed by atoms with Crippen LogP contribution in [-0.4, -0.2) is 19.5 Å². The average Bonchev–Trinajstić information content (AvgIpc) is 2.41. The SMILES string of the molecule is C[NH+](CC(=O)Nc1cccc(F)c1)Cc1ccc(Cl)cc1Cl. The summed E-state index contributed by atoms with van der Waals surface area (Å²) in [6, 6.07) is 11.1. The van der Waals surface area contributed by atoms with Crippen LogP contribution in [0.1, 0.15) is 5.56 Å². The third-order valence-corrected chi connectivity index (χ3v) is 3.66. The van der Waals surface area contributed by atoms with Crippen LogP contribution in [-0.2, 0) is 11.3 Å². The van der Waals surface area contributed by atoms with Crippen LogP contribution in [0.15, 0.2) is 42.5 Å². The van der Waals surface area contributed by atoms with E-state index >= 15 is 0 Å². The Hall–Kier alpha value is -1.62. The molecule has 6 heteroatoms. The first-order valence-corrected chi connectivity index (χ1v) is 7.50. The zero-order chi connectivity index (χ0) is 16.1. The zero-order valence-electron chi connectivity index (χ0n) is 12.0. The lowest BCUT2D eigenvalue weighted by Gasteiger charge is -2.15. The van der Waals surface area contributed by atoms with Crippen LogP contribution in [0.2, 0.25) is 10.0 Å². The first-order valence-electron chi connectivity index (χ1n) is 6.74. The molecule has 2 aromatic rings. The van der Waals surface area contributed by atoms with Crippen LogP contribution in [0.4, 0.5) is 10.1 Å². The van der Waals surface area contributed by atoms with Gasteiger partial charge in [0.15, 0.2) is 6.54 Å². The lowest BCUT2D eigenvalue weighted by Crippen LogP contribution is -3.08. The minimum absolute atomic E-state index is 0.187. The molecule has 116 valence electrons. The summed E-state index contributed by atoms with van der Waals surface area (Å²) in [6.07, 6.45) is 0. The molecule has 0 fully saturated rings. The molecule has 0 aliphatic carbocycles. The van der Waals surface area contributed by atoms with Gasteiger partial charge in [-0.1, -0.05) is 35.3 Å². The molecule has 0 aromatic heterocycles. The molecule has 0 saturated carbocycles. The molecule has 0 aliphatic rings. The molecule has 0 saturated heterocycles. The van der Waals surface area contributed by atoms with Gasteiger partial charge in [0, 0.05) is 16.3 Å². The van der Waals surface area contributed by atoms with Crippen molar-refractivity contribution in [1.82, 2.24) is 0 Å². The minimum Gasteiger partial charge on any atom is -0.326 e. The highest BCUT2D eigenvalue weighted by atomic mass is 35.5. The van der Waals surface area contributed by atoms with Gasteiger partial charge in [-0.3, -0.25) is 4.79 Å². The summed E-state index contributed by atoms with van der Waals surface area (Å²) in [5.74, 6) is -0.570. The Labute approximate surface area is 138 Å². The van der Waals surface area contributed by atoms with Gasteiger partial charge < -0.3 is 10.2 Å². The van der Waals surface area contributed by atoms with Crippen molar-refractivity contribution in [3.8, 4) is 0 Å². The van der Waals surface area contributed by atoms with Crippen LogP contribution in [0, 0.1) is 5.82 Å². The Bertz CT molecular complexity index is 679. The van der Waals surface area contributed by atoms with Crippen LogP contribution >= 0.6 is 23.2 Å². The number of benzene rings is 2. The van der Waals surface area contributed by atoms with Crippen LogP contribution in [0.5, 0.6) is 0 Å². The number of hydrogen-bond donors (Lipinski definition) is 2. The standard InChI is InChI=1S/C16H15Cl2FN2O/c1-21(9-11-5-6-12(17)7-15(11)18)10-16(22)20-14-4-2-3-13(19)8-14/h2-8H,9-10H2,1H3,(H,20,22)/p+1. The Kier molecular flexibility index (Phi) is 5.77. The smallest absolute Gasteiger partial charge is 0.279 e. The maximum absolute atomic E-state index is 13.1. The van der Waals surface area contributed by atoms with Gasteiger partial charge in [0.05, 0.1) is 12.1 Å². The van der Waals surface area contributed by atoms with Gasteiger partial charge >= 0.3 is 0 Å². The van der Waals surface area contributed by atoms with E-state index in [9.17, 15) is 9.18 Å². The Morgan fingerprint density at radius 3 is 2.68 bits per heavy atom. The minimum atomic E-state index is -0.383. The van der Waals surface area contributed by atoms with E-state index in [1.54, 1.807) is 24.3 Å². The number of halogens is 3. The number of amides is 1. The van der Waals surface area contributed by atoms with Crippen LogP contribution < -0.4 is 10.2 Å². The number of anilines is 1. The number of quaternary nitrogens is 1. The number of nitrogens with one attached hydrogen (secondary N) is 2. The molecule has 0 radical (unpaired) electrons. The topological polar surface area (TPSA) is 33.5 Å². The quantitative estimate of drug-likeness (QED) is 0.861. The van der Waals surface area contributed by atoms with E-state index in [4.69, 9.17) is 23.2 Å². The molecule has 0 bridgehead atoms. The van der Waals surface area contributed by atoms with Crippen LogP contribution in [0.3, 0.4) is 0 Å². The molecule has 22 heavy (non-hydrogen) atoms. The van der Waals surface area contributed by atoms with Crippen molar-refractivity contribution in [3.63, 3.8) is 0 Å². The number of rotatable bonds is 5. The predicted molar refractivity (Wildman–Crippen MR) is 86.9 cm³/mol. The van der Waals surface area contributed by atoms with Crippen molar-refractivity contribution in [2.45, 2.75) is 6.54 Å². The molecule has 0 spiro atoms. The van der Waals surface area contributed by atoms with Crippen molar-refractivity contribution in [3.05, 3.63) is 63.9 Å². The summed E-state index contributed by atoms with van der Waals surface area (Å²) in [5, 5.41) is 3.83. The van der Waals surface area contributed by atoms with E-state index in [0.717, 1.165) is 10.5 Å². The Balaban J connectivity index is 1.91. The summed E-state index contributed by atoms with van der Waals surface area (Å²) in [7, 11) is 1.89. The van der Waals surface area contributed by atoms with E-state index in [1.807, 2.05) is 13.1 Å². The molecule has 2 aromatic carbocycles. The van der Waals surface area contributed by atoms with Crippen LogP contribution in [0.25, 0.3) is 0 Å². The molecule has 0 heterocycles. The Morgan fingerprint density at radius 1 is 1.23 bits per heavy atom. The lowest BCUT2D eigenvalue weighted by atomic mass is 10.2.